The SMILES string of the molecule is CCCCNc1cc(C)no1. The summed E-state index contributed by atoms with van der Waals surface area (Å²) in [7, 11) is 0. The summed E-state index contributed by atoms with van der Waals surface area (Å²) in [6, 6.07) is 1.90. The Morgan fingerprint density at radius 3 is 3.00 bits per heavy atom. The Labute approximate surface area is 66.8 Å². The molecule has 0 aromatic carbocycles. The number of aromatic nitrogens is 1. The van der Waals surface area contributed by atoms with Gasteiger partial charge in [-0.15, -0.1) is 0 Å². The average molecular weight is 154 g/mol. The Kier molecular flexibility index (Phi) is 2.95. The van der Waals surface area contributed by atoms with Gasteiger partial charge in [-0.1, -0.05) is 18.5 Å². The Hall–Kier alpha value is -0.990. The Morgan fingerprint density at radius 1 is 1.64 bits per heavy atom. The smallest absolute Gasteiger partial charge is 0.224 e. The molecule has 0 saturated heterocycles. The predicted molar refractivity (Wildman–Crippen MR) is 44.6 cm³/mol. The molecule has 0 spiro atoms. The normalized spacial score (nSPS) is 10.0. The molecule has 0 atom stereocenters. The van der Waals surface area contributed by atoms with Gasteiger partial charge in [-0.2, -0.15) is 0 Å². The number of hydrogen-bond donors (Lipinski definition) is 1. The van der Waals surface area contributed by atoms with Crippen molar-refractivity contribution >= 4 is 5.88 Å². The highest BCUT2D eigenvalue weighted by Gasteiger charge is 1.96. The van der Waals surface area contributed by atoms with Gasteiger partial charge in [0.1, 0.15) is 0 Å². The molecule has 0 amide bonds. The van der Waals surface area contributed by atoms with Gasteiger partial charge in [0, 0.05) is 12.6 Å². The molecule has 0 aliphatic carbocycles. The van der Waals surface area contributed by atoms with E-state index in [0.29, 0.717) is 0 Å². The van der Waals surface area contributed by atoms with E-state index in [1.807, 2.05) is 13.0 Å². The van der Waals surface area contributed by atoms with Crippen molar-refractivity contribution in [1.82, 2.24) is 5.16 Å². The summed E-state index contributed by atoms with van der Waals surface area (Å²) in [5, 5.41) is 6.90. The predicted octanol–water partition coefficient (Wildman–Crippen LogP) is 2.20. The highest BCUT2D eigenvalue weighted by Crippen LogP contribution is 2.07. The van der Waals surface area contributed by atoms with Crippen LogP contribution in [0.2, 0.25) is 0 Å². The Balaban J connectivity index is 2.27. The lowest BCUT2D eigenvalue weighted by Gasteiger charge is -1.97. The minimum atomic E-state index is 0.774. The third-order valence-electron chi connectivity index (χ3n) is 1.46. The number of nitrogens with one attached hydrogen (secondary N) is 1. The first-order chi connectivity index (χ1) is 5.33. The van der Waals surface area contributed by atoms with E-state index in [4.69, 9.17) is 4.52 Å². The quantitative estimate of drug-likeness (QED) is 0.675. The third kappa shape index (κ3) is 2.62. The van der Waals surface area contributed by atoms with Gasteiger partial charge in [0.15, 0.2) is 0 Å². The Morgan fingerprint density at radius 2 is 2.45 bits per heavy atom. The van der Waals surface area contributed by atoms with Crippen LogP contribution >= 0.6 is 0 Å². The van der Waals surface area contributed by atoms with Crippen molar-refractivity contribution in [3.8, 4) is 0 Å². The van der Waals surface area contributed by atoms with Gasteiger partial charge in [-0.05, 0) is 13.3 Å². The Bertz CT molecular complexity index is 208. The number of hydrogen-bond acceptors (Lipinski definition) is 3. The molecule has 0 saturated carbocycles. The second-order valence-corrected chi connectivity index (χ2v) is 2.61. The van der Waals surface area contributed by atoms with Gasteiger partial charge in [0.2, 0.25) is 5.88 Å². The van der Waals surface area contributed by atoms with Crippen LogP contribution in [0.3, 0.4) is 0 Å². The largest absolute Gasteiger partial charge is 0.354 e. The van der Waals surface area contributed by atoms with E-state index in [2.05, 4.69) is 17.4 Å². The molecule has 0 aliphatic heterocycles. The fourth-order valence-corrected chi connectivity index (χ4v) is 0.835. The van der Waals surface area contributed by atoms with Crippen LogP contribution in [0.5, 0.6) is 0 Å². The first-order valence-electron chi connectivity index (χ1n) is 4.00. The molecule has 0 fully saturated rings. The molecular weight excluding hydrogens is 140 g/mol. The van der Waals surface area contributed by atoms with Gasteiger partial charge < -0.3 is 9.84 Å². The first kappa shape index (κ1) is 8.11. The van der Waals surface area contributed by atoms with Crippen molar-refractivity contribution in [1.29, 1.82) is 0 Å². The van der Waals surface area contributed by atoms with Crippen molar-refractivity contribution in [3.63, 3.8) is 0 Å². The number of aryl methyl sites for hydroxylation is 1. The number of nitrogens with zero attached hydrogens (tertiary/aromatic N) is 1. The molecule has 0 bridgehead atoms. The molecule has 3 nitrogen and oxygen atoms in total. The summed E-state index contributed by atoms with van der Waals surface area (Å²) in [4.78, 5) is 0. The highest BCUT2D eigenvalue weighted by molar-refractivity contribution is 5.30. The molecule has 62 valence electrons. The molecule has 1 heterocycles. The van der Waals surface area contributed by atoms with E-state index in [9.17, 15) is 0 Å². The lowest BCUT2D eigenvalue weighted by Crippen LogP contribution is -1.98. The molecule has 0 unspecified atom stereocenters. The topological polar surface area (TPSA) is 38.1 Å². The summed E-state index contributed by atoms with van der Waals surface area (Å²) in [6.45, 7) is 5.03. The number of anilines is 1. The van der Waals surface area contributed by atoms with E-state index < -0.39 is 0 Å². The molecular formula is C8H14N2O. The van der Waals surface area contributed by atoms with Gasteiger partial charge >= 0.3 is 0 Å². The molecule has 0 radical (unpaired) electrons. The molecule has 1 aromatic rings. The summed E-state index contributed by atoms with van der Waals surface area (Å²) < 4.78 is 4.95. The van der Waals surface area contributed by atoms with Crippen LogP contribution in [0.1, 0.15) is 25.5 Å². The summed E-state index contributed by atoms with van der Waals surface area (Å²) in [6.07, 6.45) is 2.36. The number of unbranched alkanes of at least 4 members (excludes halogenated alkanes) is 1. The molecule has 11 heavy (non-hydrogen) atoms. The second-order valence-electron chi connectivity index (χ2n) is 2.61. The standard InChI is InChI=1S/C8H14N2O/c1-3-4-5-9-8-6-7(2)10-11-8/h6,9H,3-5H2,1-2H3. The molecule has 0 aliphatic rings. The molecule has 1 N–H and O–H groups in total. The maximum Gasteiger partial charge on any atom is 0.224 e. The molecule has 3 heteroatoms. The van der Waals surface area contributed by atoms with E-state index >= 15 is 0 Å². The maximum absolute atomic E-state index is 4.95. The highest BCUT2D eigenvalue weighted by atomic mass is 16.5. The van der Waals surface area contributed by atoms with Crippen molar-refractivity contribution in [2.45, 2.75) is 26.7 Å². The summed E-state index contributed by atoms with van der Waals surface area (Å²) >= 11 is 0. The van der Waals surface area contributed by atoms with Crippen molar-refractivity contribution in [2.24, 2.45) is 0 Å². The zero-order valence-electron chi connectivity index (χ0n) is 7.05. The fourth-order valence-electron chi connectivity index (χ4n) is 0.835. The van der Waals surface area contributed by atoms with Crippen LogP contribution in [0, 0.1) is 6.92 Å². The third-order valence-corrected chi connectivity index (χ3v) is 1.46. The molecule has 1 aromatic heterocycles. The van der Waals surface area contributed by atoms with Crippen LogP contribution in [0.25, 0.3) is 0 Å². The van der Waals surface area contributed by atoms with Gasteiger partial charge in [0.25, 0.3) is 0 Å². The van der Waals surface area contributed by atoms with E-state index in [1.54, 1.807) is 0 Å². The van der Waals surface area contributed by atoms with Gasteiger partial charge in [-0.3, -0.25) is 0 Å². The first-order valence-corrected chi connectivity index (χ1v) is 4.00. The van der Waals surface area contributed by atoms with Crippen molar-refractivity contribution < 1.29 is 4.52 Å². The minimum Gasteiger partial charge on any atom is -0.354 e. The van der Waals surface area contributed by atoms with E-state index in [0.717, 1.165) is 18.1 Å². The lowest BCUT2D eigenvalue weighted by molar-refractivity contribution is 0.426. The zero-order valence-corrected chi connectivity index (χ0v) is 7.05. The van der Waals surface area contributed by atoms with Crippen LogP contribution in [0.15, 0.2) is 10.6 Å². The minimum absolute atomic E-state index is 0.774. The monoisotopic (exact) mass is 154 g/mol. The van der Waals surface area contributed by atoms with Crippen LogP contribution in [0.4, 0.5) is 5.88 Å². The van der Waals surface area contributed by atoms with Crippen LogP contribution in [-0.4, -0.2) is 11.7 Å². The van der Waals surface area contributed by atoms with Crippen molar-refractivity contribution in [3.05, 3.63) is 11.8 Å². The zero-order chi connectivity index (χ0) is 8.10. The maximum atomic E-state index is 4.95. The van der Waals surface area contributed by atoms with Crippen LogP contribution in [-0.2, 0) is 0 Å². The van der Waals surface area contributed by atoms with Gasteiger partial charge in [-0.25, -0.2) is 0 Å². The lowest BCUT2D eigenvalue weighted by atomic mass is 10.3. The van der Waals surface area contributed by atoms with Crippen LogP contribution < -0.4 is 5.32 Å². The second kappa shape index (κ2) is 4.01. The van der Waals surface area contributed by atoms with E-state index in [-0.39, 0.29) is 0 Å². The average Bonchev–Trinajstić information content (AvgIpc) is 2.37. The van der Waals surface area contributed by atoms with Crippen molar-refractivity contribution in [2.75, 3.05) is 11.9 Å². The summed E-state index contributed by atoms with van der Waals surface area (Å²) in [5.41, 5.74) is 0.920. The molecule has 1 rings (SSSR count). The summed E-state index contributed by atoms with van der Waals surface area (Å²) in [5.74, 6) is 0.774. The number of rotatable bonds is 4. The van der Waals surface area contributed by atoms with E-state index in [1.165, 1.54) is 12.8 Å². The van der Waals surface area contributed by atoms with Gasteiger partial charge in [0.05, 0.1) is 5.69 Å². The fraction of sp³-hybridized carbons (Fsp3) is 0.625.